The molecule has 1 aliphatic carbocycles. The summed E-state index contributed by atoms with van der Waals surface area (Å²) in [5, 5.41) is 6.99. The number of hydrogen-bond donors (Lipinski definition) is 2. The lowest BCUT2D eigenvalue weighted by Gasteiger charge is -2.20. The summed E-state index contributed by atoms with van der Waals surface area (Å²) in [5.74, 6) is -0.0822. The van der Waals surface area contributed by atoms with E-state index in [0.717, 1.165) is 12.8 Å². The molecular formula is C16H22Cl2N2O. The molecule has 0 heterocycles. The number of rotatable bonds is 4. The number of anilines is 1. The smallest absolute Gasteiger partial charge is 0.238 e. The summed E-state index contributed by atoms with van der Waals surface area (Å²) in [6, 6.07) is 5.67. The molecule has 0 aromatic heterocycles. The zero-order chi connectivity index (χ0) is 15.1. The van der Waals surface area contributed by atoms with Crippen molar-refractivity contribution in [3.63, 3.8) is 0 Å². The van der Waals surface area contributed by atoms with Crippen molar-refractivity contribution in [3.05, 3.63) is 28.2 Å². The molecule has 2 N–H and O–H groups in total. The predicted molar refractivity (Wildman–Crippen MR) is 89.2 cm³/mol. The molecule has 1 aromatic carbocycles. The number of halogens is 2. The highest BCUT2D eigenvalue weighted by Gasteiger charge is 2.13. The van der Waals surface area contributed by atoms with E-state index >= 15 is 0 Å². The molecule has 1 saturated carbocycles. The van der Waals surface area contributed by atoms with Crippen LogP contribution >= 0.6 is 23.2 Å². The molecule has 1 aromatic rings. The fourth-order valence-electron chi connectivity index (χ4n) is 2.69. The van der Waals surface area contributed by atoms with Gasteiger partial charge in [-0.25, -0.2) is 0 Å². The third-order valence-corrected chi connectivity index (χ3v) is 4.70. The van der Waals surface area contributed by atoms with E-state index in [1.54, 1.807) is 18.2 Å². The van der Waals surface area contributed by atoms with Crippen LogP contribution < -0.4 is 10.6 Å². The lowest BCUT2D eigenvalue weighted by atomic mass is 9.97. The second-order valence-corrected chi connectivity index (χ2v) is 6.36. The summed E-state index contributed by atoms with van der Waals surface area (Å²) in [4.78, 5) is 12.0. The maximum Gasteiger partial charge on any atom is 0.238 e. The highest BCUT2D eigenvalue weighted by Crippen LogP contribution is 2.29. The number of carbonyl (C=O) groups is 1. The minimum Gasteiger partial charge on any atom is -0.324 e. The molecule has 0 bridgehead atoms. The number of benzene rings is 1. The molecule has 1 amide bonds. The minimum absolute atomic E-state index is 0.0822. The van der Waals surface area contributed by atoms with Gasteiger partial charge in [-0.15, -0.1) is 0 Å². The van der Waals surface area contributed by atoms with Crippen LogP contribution in [0.15, 0.2) is 18.2 Å². The molecule has 0 radical (unpaired) electrons. The summed E-state index contributed by atoms with van der Waals surface area (Å²) in [6.45, 7) is 0.313. The van der Waals surface area contributed by atoms with Crippen LogP contribution in [-0.4, -0.2) is 18.5 Å². The highest BCUT2D eigenvalue weighted by atomic mass is 35.5. The van der Waals surface area contributed by atoms with E-state index in [4.69, 9.17) is 23.2 Å². The number of carbonyl (C=O) groups excluding carboxylic acids is 1. The Morgan fingerprint density at radius 2 is 1.76 bits per heavy atom. The summed E-state index contributed by atoms with van der Waals surface area (Å²) >= 11 is 12.0. The number of nitrogens with one attached hydrogen (secondary N) is 2. The van der Waals surface area contributed by atoms with Crippen molar-refractivity contribution in [1.29, 1.82) is 0 Å². The molecule has 116 valence electrons. The fourth-order valence-corrected chi connectivity index (χ4v) is 3.04. The lowest BCUT2D eigenvalue weighted by Crippen LogP contribution is -2.36. The first-order valence-corrected chi connectivity index (χ1v) is 8.39. The predicted octanol–water partition coefficient (Wildman–Crippen LogP) is 4.63. The molecule has 1 aliphatic rings. The minimum atomic E-state index is -0.0822. The first kappa shape index (κ1) is 16.6. The van der Waals surface area contributed by atoms with E-state index in [9.17, 15) is 4.79 Å². The maximum atomic E-state index is 12.0. The van der Waals surface area contributed by atoms with Crippen LogP contribution in [0.3, 0.4) is 0 Å². The Kier molecular flexibility index (Phi) is 6.81. The van der Waals surface area contributed by atoms with Gasteiger partial charge in [-0.1, -0.05) is 61.4 Å². The van der Waals surface area contributed by atoms with E-state index in [0.29, 0.717) is 28.3 Å². The highest BCUT2D eigenvalue weighted by molar-refractivity contribution is 6.43. The van der Waals surface area contributed by atoms with E-state index in [2.05, 4.69) is 10.6 Å². The average molecular weight is 329 g/mol. The van der Waals surface area contributed by atoms with Crippen LogP contribution in [0.25, 0.3) is 0 Å². The fraction of sp³-hybridized carbons (Fsp3) is 0.562. The molecule has 0 atom stereocenters. The third kappa shape index (κ3) is 5.50. The Hall–Kier alpha value is -0.770. The van der Waals surface area contributed by atoms with E-state index in [-0.39, 0.29) is 5.91 Å². The molecule has 0 unspecified atom stereocenters. The standard InChI is InChI=1S/C16H22Cl2N2O/c17-13-9-6-10-14(16(13)18)20-15(21)11-19-12-7-4-2-1-3-5-8-12/h6,9-10,12,19H,1-5,7-8,11H2,(H,20,21). The Balaban J connectivity index is 1.80. The molecule has 21 heavy (non-hydrogen) atoms. The Morgan fingerprint density at radius 3 is 2.48 bits per heavy atom. The van der Waals surface area contributed by atoms with Gasteiger partial charge in [0.2, 0.25) is 5.91 Å². The molecule has 0 spiro atoms. The molecule has 0 aliphatic heterocycles. The van der Waals surface area contributed by atoms with Gasteiger partial charge in [0.25, 0.3) is 0 Å². The van der Waals surface area contributed by atoms with Crippen molar-refractivity contribution in [2.45, 2.75) is 51.0 Å². The van der Waals surface area contributed by atoms with Gasteiger partial charge in [-0.05, 0) is 25.0 Å². The van der Waals surface area contributed by atoms with Gasteiger partial charge < -0.3 is 10.6 Å². The normalized spacial score (nSPS) is 17.0. The summed E-state index contributed by atoms with van der Waals surface area (Å²) in [5.41, 5.74) is 0.564. The van der Waals surface area contributed by atoms with E-state index < -0.39 is 0 Å². The second kappa shape index (κ2) is 8.62. The monoisotopic (exact) mass is 328 g/mol. The van der Waals surface area contributed by atoms with Gasteiger partial charge in [0.15, 0.2) is 0 Å². The van der Waals surface area contributed by atoms with Crippen LogP contribution in [0.1, 0.15) is 44.9 Å². The molecule has 3 nitrogen and oxygen atoms in total. The SMILES string of the molecule is O=C(CNC1CCCCCCC1)Nc1cccc(Cl)c1Cl. The topological polar surface area (TPSA) is 41.1 Å². The van der Waals surface area contributed by atoms with Gasteiger partial charge in [0.05, 0.1) is 22.3 Å². The number of hydrogen-bond acceptors (Lipinski definition) is 2. The van der Waals surface area contributed by atoms with Crippen molar-refractivity contribution < 1.29 is 4.79 Å². The van der Waals surface area contributed by atoms with Gasteiger partial charge in [-0.3, -0.25) is 4.79 Å². The quantitative estimate of drug-likeness (QED) is 0.845. The van der Waals surface area contributed by atoms with Gasteiger partial charge in [-0.2, -0.15) is 0 Å². The van der Waals surface area contributed by atoms with Crippen molar-refractivity contribution in [1.82, 2.24) is 5.32 Å². The molecule has 5 heteroatoms. The zero-order valence-electron chi connectivity index (χ0n) is 12.1. The van der Waals surface area contributed by atoms with Crippen LogP contribution in [-0.2, 0) is 4.79 Å². The van der Waals surface area contributed by atoms with E-state index in [1.807, 2.05) is 0 Å². The maximum absolute atomic E-state index is 12.0. The lowest BCUT2D eigenvalue weighted by molar-refractivity contribution is -0.115. The van der Waals surface area contributed by atoms with Crippen molar-refractivity contribution in [2.75, 3.05) is 11.9 Å². The summed E-state index contributed by atoms with van der Waals surface area (Å²) in [6.07, 6.45) is 8.78. The van der Waals surface area contributed by atoms with Crippen LogP contribution in [0.2, 0.25) is 10.0 Å². The van der Waals surface area contributed by atoms with Crippen molar-refractivity contribution in [2.24, 2.45) is 0 Å². The first-order chi connectivity index (χ1) is 10.2. The molecule has 1 fully saturated rings. The van der Waals surface area contributed by atoms with Crippen molar-refractivity contribution in [3.8, 4) is 0 Å². The van der Waals surface area contributed by atoms with Crippen LogP contribution in [0.5, 0.6) is 0 Å². The Labute approximate surface area is 136 Å². The summed E-state index contributed by atoms with van der Waals surface area (Å²) in [7, 11) is 0. The zero-order valence-corrected chi connectivity index (χ0v) is 13.6. The third-order valence-electron chi connectivity index (χ3n) is 3.88. The van der Waals surface area contributed by atoms with Crippen LogP contribution in [0, 0.1) is 0 Å². The Bertz CT molecular complexity index is 471. The average Bonchev–Trinajstić information content (AvgIpc) is 2.43. The van der Waals surface area contributed by atoms with Gasteiger partial charge >= 0.3 is 0 Å². The van der Waals surface area contributed by atoms with Gasteiger partial charge in [0.1, 0.15) is 0 Å². The summed E-state index contributed by atoms with van der Waals surface area (Å²) < 4.78 is 0. The van der Waals surface area contributed by atoms with E-state index in [1.165, 1.54) is 32.1 Å². The Morgan fingerprint density at radius 1 is 1.10 bits per heavy atom. The van der Waals surface area contributed by atoms with Crippen LogP contribution in [0.4, 0.5) is 5.69 Å². The molecule has 2 rings (SSSR count). The number of amides is 1. The molecule has 0 saturated heterocycles. The van der Waals surface area contributed by atoms with Gasteiger partial charge in [0, 0.05) is 6.04 Å². The largest absolute Gasteiger partial charge is 0.324 e. The van der Waals surface area contributed by atoms with Crippen molar-refractivity contribution >= 4 is 34.8 Å². The first-order valence-electron chi connectivity index (χ1n) is 7.64. The molecular weight excluding hydrogens is 307 g/mol. The second-order valence-electron chi connectivity index (χ2n) is 5.57.